The number of hydrogen-bond donors (Lipinski definition) is 1. The van der Waals surface area contributed by atoms with Crippen molar-refractivity contribution in [2.75, 3.05) is 14.2 Å². The fourth-order valence-corrected chi connectivity index (χ4v) is 4.30. The second-order valence-electron chi connectivity index (χ2n) is 6.43. The molecule has 19 heavy (non-hydrogen) atoms. The van der Waals surface area contributed by atoms with Gasteiger partial charge in [0, 0.05) is 22.2 Å². The molecule has 0 aromatic carbocycles. The molecule has 1 aromatic heterocycles. The molecule has 0 spiro atoms. The molecule has 0 amide bonds. The Morgan fingerprint density at radius 3 is 2.53 bits per heavy atom. The van der Waals surface area contributed by atoms with Gasteiger partial charge < -0.3 is 14.8 Å². The molecule has 1 fully saturated rings. The van der Waals surface area contributed by atoms with E-state index in [1.54, 1.807) is 18.4 Å². The summed E-state index contributed by atoms with van der Waals surface area (Å²) in [6, 6.07) is 2.44. The highest BCUT2D eigenvalue weighted by Crippen LogP contribution is 2.48. The average Bonchev–Trinajstić information content (AvgIpc) is 2.83. The summed E-state index contributed by atoms with van der Waals surface area (Å²) in [5.74, 6) is 1.40. The van der Waals surface area contributed by atoms with Crippen molar-refractivity contribution in [3.8, 4) is 5.75 Å². The summed E-state index contributed by atoms with van der Waals surface area (Å²) >= 11 is 1.75. The van der Waals surface area contributed by atoms with Gasteiger partial charge in [0.05, 0.1) is 18.3 Å². The van der Waals surface area contributed by atoms with E-state index < -0.39 is 0 Å². The standard InChI is InChI=1S/C15H25NO2S/c1-14(2)8-11(15(3,4)18-14)13(16-5)12-7-10(17-6)9-19-12/h7,9,11,13,16H,8H2,1-6H3. The Bertz CT molecular complexity index is 439. The maximum absolute atomic E-state index is 6.22. The SMILES string of the molecule is CNC(c1cc(OC)cs1)C1CC(C)(C)OC1(C)C. The van der Waals surface area contributed by atoms with Crippen molar-refractivity contribution in [3.63, 3.8) is 0 Å². The smallest absolute Gasteiger partial charge is 0.129 e. The van der Waals surface area contributed by atoms with Crippen LogP contribution in [0.2, 0.25) is 0 Å². The zero-order valence-corrected chi connectivity index (χ0v) is 13.6. The molecule has 1 saturated heterocycles. The van der Waals surface area contributed by atoms with Gasteiger partial charge in [0.2, 0.25) is 0 Å². The van der Waals surface area contributed by atoms with E-state index in [-0.39, 0.29) is 11.2 Å². The Kier molecular flexibility index (Phi) is 3.96. The maximum atomic E-state index is 6.22. The van der Waals surface area contributed by atoms with Crippen LogP contribution in [0.25, 0.3) is 0 Å². The molecule has 4 heteroatoms. The van der Waals surface area contributed by atoms with Crippen molar-refractivity contribution in [2.24, 2.45) is 5.92 Å². The molecule has 2 rings (SSSR count). The summed E-state index contributed by atoms with van der Waals surface area (Å²) in [4.78, 5) is 1.32. The van der Waals surface area contributed by atoms with Gasteiger partial charge in [-0.3, -0.25) is 0 Å². The highest BCUT2D eigenvalue weighted by atomic mass is 32.1. The third-order valence-corrected chi connectivity index (χ3v) is 4.99. The zero-order valence-electron chi connectivity index (χ0n) is 12.7. The minimum Gasteiger partial charge on any atom is -0.496 e. The second-order valence-corrected chi connectivity index (χ2v) is 7.37. The maximum Gasteiger partial charge on any atom is 0.129 e. The van der Waals surface area contributed by atoms with E-state index >= 15 is 0 Å². The monoisotopic (exact) mass is 283 g/mol. The quantitative estimate of drug-likeness (QED) is 0.915. The van der Waals surface area contributed by atoms with Crippen LogP contribution in [-0.4, -0.2) is 25.4 Å². The van der Waals surface area contributed by atoms with Gasteiger partial charge in [0.1, 0.15) is 5.75 Å². The van der Waals surface area contributed by atoms with Crippen molar-refractivity contribution in [1.29, 1.82) is 0 Å². The summed E-state index contributed by atoms with van der Waals surface area (Å²) < 4.78 is 11.5. The van der Waals surface area contributed by atoms with Crippen molar-refractivity contribution in [2.45, 2.75) is 51.4 Å². The number of hydrogen-bond acceptors (Lipinski definition) is 4. The molecular weight excluding hydrogens is 258 g/mol. The van der Waals surface area contributed by atoms with E-state index in [0.29, 0.717) is 12.0 Å². The highest BCUT2D eigenvalue weighted by Gasteiger charge is 2.49. The summed E-state index contributed by atoms with van der Waals surface area (Å²) in [6.07, 6.45) is 1.06. The molecule has 0 saturated carbocycles. The molecule has 1 N–H and O–H groups in total. The van der Waals surface area contributed by atoms with Gasteiger partial charge in [-0.25, -0.2) is 0 Å². The van der Waals surface area contributed by atoms with Gasteiger partial charge in [-0.1, -0.05) is 0 Å². The number of rotatable bonds is 4. The molecule has 0 aliphatic carbocycles. The first kappa shape index (κ1) is 14.8. The van der Waals surface area contributed by atoms with Gasteiger partial charge in [-0.2, -0.15) is 0 Å². The van der Waals surface area contributed by atoms with Crippen molar-refractivity contribution in [3.05, 3.63) is 16.3 Å². The summed E-state index contributed by atoms with van der Waals surface area (Å²) in [5.41, 5.74) is -0.168. The molecule has 2 heterocycles. The van der Waals surface area contributed by atoms with Gasteiger partial charge in [-0.05, 0) is 47.2 Å². The lowest BCUT2D eigenvalue weighted by Crippen LogP contribution is -2.36. The van der Waals surface area contributed by atoms with Crippen LogP contribution in [0.3, 0.4) is 0 Å². The summed E-state index contributed by atoms with van der Waals surface area (Å²) in [5, 5.41) is 5.53. The van der Waals surface area contributed by atoms with Crippen LogP contribution >= 0.6 is 11.3 Å². The van der Waals surface area contributed by atoms with Crippen molar-refractivity contribution >= 4 is 11.3 Å². The van der Waals surface area contributed by atoms with Gasteiger partial charge in [-0.15, -0.1) is 11.3 Å². The van der Waals surface area contributed by atoms with Gasteiger partial charge >= 0.3 is 0 Å². The second kappa shape index (κ2) is 5.08. The van der Waals surface area contributed by atoms with E-state index in [4.69, 9.17) is 9.47 Å². The number of nitrogens with one attached hydrogen (secondary N) is 1. The van der Waals surface area contributed by atoms with Crippen molar-refractivity contribution < 1.29 is 9.47 Å². The minimum absolute atomic E-state index is 0.0510. The van der Waals surface area contributed by atoms with Crippen LogP contribution in [0, 0.1) is 5.92 Å². The molecule has 108 valence electrons. The van der Waals surface area contributed by atoms with Crippen LogP contribution in [0.15, 0.2) is 11.4 Å². The predicted octanol–water partition coefficient (Wildman–Crippen LogP) is 3.61. The molecule has 1 aromatic rings. The lowest BCUT2D eigenvalue weighted by Gasteiger charge is -2.32. The van der Waals surface area contributed by atoms with E-state index in [0.717, 1.165) is 12.2 Å². The van der Waals surface area contributed by atoms with Crippen LogP contribution in [0.1, 0.15) is 45.0 Å². The molecule has 1 aliphatic heterocycles. The first-order valence-electron chi connectivity index (χ1n) is 6.79. The third-order valence-electron chi connectivity index (χ3n) is 4.00. The summed E-state index contributed by atoms with van der Waals surface area (Å²) in [6.45, 7) is 8.75. The first-order chi connectivity index (χ1) is 8.79. The normalized spacial score (nSPS) is 26.3. The number of thiophene rings is 1. The van der Waals surface area contributed by atoms with Crippen LogP contribution in [0.4, 0.5) is 0 Å². The van der Waals surface area contributed by atoms with E-state index in [1.807, 2.05) is 7.05 Å². The lowest BCUT2D eigenvalue weighted by molar-refractivity contribution is -0.0775. The molecule has 0 bridgehead atoms. The Hall–Kier alpha value is -0.580. The fraction of sp³-hybridized carbons (Fsp3) is 0.733. The van der Waals surface area contributed by atoms with Gasteiger partial charge in [0.25, 0.3) is 0 Å². The Labute approximate surface area is 120 Å². The topological polar surface area (TPSA) is 30.5 Å². The molecule has 1 aliphatic rings. The fourth-order valence-electron chi connectivity index (χ4n) is 3.27. The predicted molar refractivity (Wildman–Crippen MR) is 80.0 cm³/mol. The van der Waals surface area contributed by atoms with E-state index in [9.17, 15) is 0 Å². The third kappa shape index (κ3) is 2.96. The van der Waals surface area contributed by atoms with Crippen LogP contribution in [-0.2, 0) is 4.74 Å². The number of ether oxygens (including phenoxy) is 2. The first-order valence-corrected chi connectivity index (χ1v) is 7.67. The van der Waals surface area contributed by atoms with Crippen molar-refractivity contribution in [1.82, 2.24) is 5.32 Å². The van der Waals surface area contributed by atoms with E-state index in [1.165, 1.54) is 4.88 Å². The average molecular weight is 283 g/mol. The Balaban J connectivity index is 2.27. The molecule has 0 radical (unpaired) electrons. The van der Waals surface area contributed by atoms with Crippen LogP contribution < -0.4 is 10.1 Å². The molecular formula is C15H25NO2S. The van der Waals surface area contributed by atoms with Gasteiger partial charge in [0.15, 0.2) is 0 Å². The van der Waals surface area contributed by atoms with Crippen LogP contribution in [0.5, 0.6) is 5.75 Å². The largest absolute Gasteiger partial charge is 0.496 e. The molecule has 2 atom stereocenters. The van der Waals surface area contributed by atoms with E-state index in [2.05, 4.69) is 44.5 Å². The Morgan fingerprint density at radius 1 is 1.42 bits per heavy atom. The molecule has 3 nitrogen and oxygen atoms in total. The Morgan fingerprint density at radius 2 is 2.11 bits per heavy atom. The zero-order chi connectivity index (χ0) is 14.3. The number of methoxy groups -OCH3 is 1. The summed E-state index contributed by atoms with van der Waals surface area (Å²) in [7, 11) is 3.74. The minimum atomic E-state index is -0.117. The molecule has 2 unspecified atom stereocenters. The highest BCUT2D eigenvalue weighted by molar-refractivity contribution is 7.10. The lowest BCUT2D eigenvalue weighted by atomic mass is 9.81.